The Hall–Kier alpha value is -2.33. The molecule has 0 aliphatic rings. The lowest BCUT2D eigenvalue weighted by Crippen LogP contribution is -2.36. The van der Waals surface area contributed by atoms with E-state index in [1.54, 1.807) is 6.26 Å². The molecule has 3 rings (SSSR count). The highest BCUT2D eigenvalue weighted by atomic mass is 28.3. The van der Waals surface area contributed by atoms with E-state index in [1.807, 2.05) is 0 Å². The highest BCUT2D eigenvalue weighted by molar-refractivity contribution is 6.87. The van der Waals surface area contributed by atoms with Gasteiger partial charge in [0, 0.05) is 12.5 Å². The van der Waals surface area contributed by atoms with Crippen LogP contribution in [0.5, 0.6) is 0 Å². The summed E-state index contributed by atoms with van der Waals surface area (Å²) in [7, 11) is -1.52. The van der Waals surface area contributed by atoms with Gasteiger partial charge in [0.25, 0.3) is 0 Å². The van der Waals surface area contributed by atoms with Crippen molar-refractivity contribution in [1.29, 1.82) is 0 Å². The van der Waals surface area contributed by atoms with Gasteiger partial charge in [-0.05, 0) is 47.6 Å². The number of furan rings is 1. The summed E-state index contributed by atoms with van der Waals surface area (Å²) < 4.78 is 11.4. The first-order valence-electron chi connectivity index (χ1n) is 10.5. The molecule has 29 heavy (non-hydrogen) atoms. The van der Waals surface area contributed by atoms with Crippen LogP contribution in [0.15, 0.2) is 59.2 Å². The van der Waals surface area contributed by atoms with Crippen molar-refractivity contribution in [2.24, 2.45) is 0 Å². The Morgan fingerprint density at radius 3 is 2.48 bits per heavy atom. The minimum Gasteiger partial charge on any atom is -0.474 e. The zero-order valence-electron chi connectivity index (χ0n) is 18.2. The summed E-state index contributed by atoms with van der Waals surface area (Å²) in [5.41, 5.74) is 2.37. The fraction of sp³-hybridized carbons (Fsp3) is 0.400. The largest absolute Gasteiger partial charge is 0.474 e. The fourth-order valence-corrected chi connectivity index (χ4v) is 4.86. The van der Waals surface area contributed by atoms with Crippen molar-refractivity contribution in [2.45, 2.75) is 64.8 Å². The van der Waals surface area contributed by atoms with Crippen molar-refractivity contribution in [3.63, 3.8) is 0 Å². The van der Waals surface area contributed by atoms with Gasteiger partial charge in [0.1, 0.15) is 14.2 Å². The molecule has 1 aromatic heterocycles. The van der Waals surface area contributed by atoms with Crippen LogP contribution in [0.25, 0.3) is 10.8 Å². The maximum atomic E-state index is 11.7. The third kappa shape index (κ3) is 5.39. The van der Waals surface area contributed by atoms with Crippen LogP contribution < -0.4 is 5.38 Å². The van der Waals surface area contributed by atoms with Crippen LogP contribution in [0, 0.1) is 0 Å². The number of benzene rings is 2. The number of esters is 1. The lowest BCUT2D eigenvalue weighted by Gasteiger charge is -2.18. The maximum Gasteiger partial charge on any atom is 0.303 e. The summed E-state index contributed by atoms with van der Waals surface area (Å²) >= 11 is 0. The van der Waals surface area contributed by atoms with Gasteiger partial charge in [0.15, 0.2) is 0 Å². The molecule has 0 saturated heterocycles. The molecule has 0 saturated carbocycles. The third-order valence-corrected chi connectivity index (χ3v) is 7.24. The van der Waals surface area contributed by atoms with Crippen molar-refractivity contribution in [3.8, 4) is 0 Å². The van der Waals surface area contributed by atoms with Gasteiger partial charge >= 0.3 is 5.97 Å². The first-order valence-corrected chi connectivity index (χ1v) is 14.0. The predicted molar refractivity (Wildman–Crippen MR) is 122 cm³/mol. The molecular formula is C25H32O3Si. The summed E-state index contributed by atoms with van der Waals surface area (Å²) in [6.07, 6.45) is 4.37. The van der Waals surface area contributed by atoms with Crippen LogP contribution in [0.2, 0.25) is 19.6 Å². The lowest BCUT2D eigenvalue weighted by molar-refractivity contribution is -0.147. The fourth-order valence-electron chi connectivity index (χ4n) is 3.85. The van der Waals surface area contributed by atoms with Gasteiger partial charge in [-0.15, -0.1) is 0 Å². The molecule has 0 bridgehead atoms. The minimum absolute atomic E-state index is 0.235. The summed E-state index contributed by atoms with van der Waals surface area (Å²) in [6.45, 7) is 10.5. The van der Waals surface area contributed by atoms with Crippen molar-refractivity contribution in [2.75, 3.05) is 0 Å². The van der Waals surface area contributed by atoms with Gasteiger partial charge in [-0.2, -0.15) is 0 Å². The first-order chi connectivity index (χ1) is 13.8. The van der Waals surface area contributed by atoms with Crippen LogP contribution >= 0.6 is 0 Å². The highest BCUT2D eigenvalue weighted by Gasteiger charge is 2.24. The monoisotopic (exact) mass is 408 g/mol. The zero-order valence-corrected chi connectivity index (χ0v) is 19.2. The molecule has 0 aliphatic heterocycles. The SMILES string of the molecule is CC(=O)OC(CCCC(C)c1cccc2ccccc12)c1coc([Si](C)(C)C)c1. The van der Waals surface area contributed by atoms with E-state index in [-0.39, 0.29) is 12.1 Å². The summed E-state index contributed by atoms with van der Waals surface area (Å²) in [4.78, 5) is 11.7. The Morgan fingerprint density at radius 1 is 1.07 bits per heavy atom. The number of ether oxygens (including phenoxy) is 1. The molecule has 0 aliphatic carbocycles. The average Bonchev–Trinajstić information content (AvgIpc) is 3.17. The van der Waals surface area contributed by atoms with Crippen molar-refractivity contribution in [3.05, 3.63) is 65.9 Å². The van der Waals surface area contributed by atoms with Gasteiger partial charge in [-0.1, -0.05) is 69.0 Å². The molecule has 2 unspecified atom stereocenters. The molecule has 0 fully saturated rings. The van der Waals surface area contributed by atoms with E-state index in [2.05, 4.69) is 75.1 Å². The third-order valence-electron chi connectivity index (χ3n) is 5.50. The molecule has 3 aromatic rings. The van der Waals surface area contributed by atoms with Crippen molar-refractivity contribution in [1.82, 2.24) is 0 Å². The van der Waals surface area contributed by atoms with E-state index in [9.17, 15) is 4.79 Å². The van der Waals surface area contributed by atoms with E-state index >= 15 is 0 Å². The Bertz CT molecular complexity index is 962. The molecule has 1 heterocycles. The molecule has 2 aromatic carbocycles. The normalized spacial score (nSPS) is 14.0. The average molecular weight is 409 g/mol. The summed E-state index contributed by atoms with van der Waals surface area (Å²) in [5, 5.41) is 3.66. The molecule has 2 atom stereocenters. The van der Waals surface area contributed by atoms with Crippen LogP contribution in [-0.2, 0) is 9.53 Å². The molecule has 0 spiro atoms. The number of hydrogen-bond acceptors (Lipinski definition) is 3. The number of hydrogen-bond donors (Lipinski definition) is 0. The van der Waals surface area contributed by atoms with Crippen molar-refractivity contribution < 1.29 is 13.9 Å². The number of rotatable bonds is 8. The maximum absolute atomic E-state index is 11.7. The van der Waals surface area contributed by atoms with E-state index in [4.69, 9.17) is 9.15 Å². The number of carbonyl (C=O) groups excluding carboxylic acids is 1. The van der Waals surface area contributed by atoms with E-state index < -0.39 is 8.07 Å². The molecule has 4 heteroatoms. The molecule has 3 nitrogen and oxygen atoms in total. The Kier molecular flexibility index (Phi) is 6.63. The van der Waals surface area contributed by atoms with Crippen LogP contribution in [0.1, 0.15) is 56.3 Å². The van der Waals surface area contributed by atoms with Gasteiger partial charge < -0.3 is 9.15 Å². The Balaban J connectivity index is 1.68. The molecule has 0 N–H and O–H groups in total. The topological polar surface area (TPSA) is 39.4 Å². The van der Waals surface area contributed by atoms with Gasteiger partial charge in [0.2, 0.25) is 0 Å². The zero-order chi connectivity index (χ0) is 21.0. The first kappa shape index (κ1) is 21.4. The van der Waals surface area contributed by atoms with E-state index in [1.165, 1.54) is 23.3 Å². The van der Waals surface area contributed by atoms with E-state index in [0.717, 1.165) is 30.2 Å². The predicted octanol–water partition coefficient (Wildman–Crippen LogP) is 6.56. The quantitative estimate of drug-likeness (QED) is 0.313. The van der Waals surface area contributed by atoms with Gasteiger partial charge in [0.05, 0.1) is 11.6 Å². The second kappa shape index (κ2) is 9.00. The summed E-state index contributed by atoms with van der Waals surface area (Å²) in [5.74, 6) is 0.203. The van der Waals surface area contributed by atoms with Crippen LogP contribution in [0.3, 0.4) is 0 Å². The smallest absolute Gasteiger partial charge is 0.303 e. The summed E-state index contributed by atoms with van der Waals surface area (Å²) in [6, 6.07) is 17.2. The second-order valence-corrected chi connectivity index (χ2v) is 14.0. The van der Waals surface area contributed by atoms with Crippen LogP contribution in [0.4, 0.5) is 0 Å². The molecular weight excluding hydrogens is 376 g/mol. The molecule has 0 radical (unpaired) electrons. The van der Waals surface area contributed by atoms with Gasteiger partial charge in [-0.3, -0.25) is 4.79 Å². The molecule has 154 valence electrons. The minimum atomic E-state index is -1.52. The Labute approximate surface area is 175 Å². The lowest BCUT2D eigenvalue weighted by atomic mass is 9.90. The molecule has 0 amide bonds. The van der Waals surface area contributed by atoms with Gasteiger partial charge in [-0.25, -0.2) is 0 Å². The highest BCUT2D eigenvalue weighted by Crippen LogP contribution is 2.31. The second-order valence-electron chi connectivity index (χ2n) is 8.99. The van der Waals surface area contributed by atoms with E-state index in [0.29, 0.717) is 5.92 Å². The van der Waals surface area contributed by atoms with Crippen LogP contribution in [-0.4, -0.2) is 14.0 Å². The van der Waals surface area contributed by atoms with Crippen molar-refractivity contribution >= 4 is 30.2 Å². The standard InChI is InChI=1S/C25H32O3Si/c1-18(22-14-9-12-20-11-6-7-13-23(20)22)10-8-15-24(28-19(2)26)21-16-25(27-17-21)29(3,4)5/h6-7,9,11-14,16-18,24H,8,10,15H2,1-5H3. The number of fused-ring (bicyclic) bond motifs is 1. The Morgan fingerprint density at radius 2 is 1.79 bits per heavy atom. The number of carbonyl (C=O) groups is 1.